The van der Waals surface area contributed by atoms with Crippen molar-refractivity contribution >= 4 is 17.6 Å². The molecule has 0 radical (unpaired) electrons. The molecule has 0 fully saturated rings. The van der Waals surface area contributed by atoms with Crippen LogP contribution in [-0.2, 0) is 5.92 Å². The summed E-state index contributed by atoms with van der Waals surface area (Å²) in [5.41, 5.74) is 0.129. The first-order chi connectivity index (χ1) is 11.1. The fourth-order valence-corrected chi connectivity index (χ4v) is 1.91. The SMILES string of the molecule is CC(C)Nc1nc(Nc2ccnc(C(C)(F)F)c2)nc(C(C)C)n1. The Kier molecular flexibility index (Phi) is 5.26. The largest absolute Gasteiger partial charge is 0.352 e. The molecule has 0 spiro atoms. The van der Waals surface area contributed by atoms with Crippen molar-refractivity contribution in [2.24, 2.45) is 0 Å². The third-order valence-corrected chi connectivity index (χ3v) is 3.05. The molecule has 0 aliphatic rings. The molecule has 2 heterocycles. The van der Waals surface area contributed by atoms with Gasteiger partial charge in [-0.25, -0.2) is 0 Å². The maximum absolute atomic E-state index is 13.4. The summed E-state index contributed by atoms with van der Waals surface area (Å²) in [6.45, 7) is 8.71. The predicted octanol–water partition coefficient (Wildman–Crippen LogP) is 4.07. The normalized spacial score (nSPS) is 11.9. The lowest BCUT2D eigenvalue weighted by atomic mass is 10.2. The third kappa shape index (κ3) is 4.81. The minimum atomic E-state index is -3.01. The average molecular weight is 336 g/mol. The maximum atomic E-state index is 13.4. The van der Waals surface area contributed by atoms with E-state index >= 15 is 0 Å². The standard InChI is InChI=1S/C16H22F2N6/c1-9(2)13-22-14(20-10(3)4)24-15(23-13)21-11-6-7-19-12(8-11)16(5,17)18/h6-10H,1-5H3,(H2,19,20,21,22,23,24). The van der Waals surface area contributed by atoms with Crippen LogP contribution >= 0.6 is 0 Å². The van der Waals surface area contributed by atoms with Crippen LogP contribution < -0.4 is 10.6 Å². The number of pyridine rings is 1. The van der Waals surface area contributed by atoms with E-state index in [2.05, 4.69) is 30.6 Å². The summed E-state index contributed by atoms with van der Waals surface area (Å²) >= 11 is 0. The van der Waals surface area contributed by atoms with E-state index in [-0.39, 0.29) is 17.7 Å². The molecule has 0 saturated heterocycles. The Morgan fingerprint density at radius 3 is 2.29 bits per heavy atom. The van der Waals surface area contributed by atoms with Crippen molar-refractivity contribution in [3.05, 3.63) is 29.8 Å². The van der Waals surface area contributed by atoms with Gasteiger partial charge in [0, 0.05) is 30.8 Å². The number of anilines is 3. The molecular formula is C16H22F2N6. The molecule has 0 atom stereocenters. The number of nitrogens with zero attached hydrogens (tertiary/aromatic N) is 4. The number of halogens is 2. The van der Waals surface area contributed by atoms with Crippen LogP contribution in [0.3, 0.4) is 0 Å². The van der Waals surface area contributed by atoms with Gasteiger partial charge in [0.2, 0.25) is 11.9 Å². The lowest BCUT2D eigenvalue weighted by Crippen LogP contribution is -2.16. The Morgan fingerprint density at radius 1 is 1.04 bits per heavy atom. The summed E-state index contributed by atoms with van der Waals surface area (Å²) in [7, 11) is 0. The van der Waals surface area contributed by atoms with E-state index in [1.54, 1.807) is 6.07 Å². The highest BCUT2D eigenvalue weighted by Gasteiger charge is 2.26. The average Bonchev–Trinajstić information content (AvgIpc) is 2.45. The Morgan fingerprint density at radius 2 is 1.71 bits per heavy atom. The molecule has 2 N–H and O–H groups in total. The van der Waals surface area contributed by atoms with Gasteiger partial charge in [-0.2, -0.15) is 23.7 Å². The van der Waals surface area contributed by atoms with E-state index in [4.69, 9.17) is 0 Å². The zero-order valence-electron chi connectivity index (χ0n) is 14.4. The van der Waals surface area contributed by atoms with Crippen LogP contribution in [0, 0.1) is 0 Å². The second-order valence-corrected chi connectivity index (χ2v) is 6.24. The predicted molar refractivity (Wildman–Crippen MR) is 89.8 cm³/mol. The van der Waals surface area contributed by atoms with Gasteiger partial charge in [0.05, 0.1) is 0 Å². The summed E-state index contributed by atoms with van der Waals surface area (Å²) in [6, 6.07) is 3.03. The Hall–Kier alpha value is -2.38. The summed E-state index contributed by atoms with van der Waals surface area (Å²) in [6.07, 6.45) is 1.33. The van der Waals surface area contributed by atoms with Crippen molar-refractivity contribution in [1.29, 1.82) is 0 Å². The molecule has 0 aromatic carbocycles. The zero-order chi connectivity index (χ0) is 17.9. The van der Waals surface area contributed by atoms with E-state index in [0.717, 1.165) is 6.92 Å². The Labute approximate surface area is 140 Å². The van der Waals surface area contributed by atoms with Gasteiger partial charge in [0.1, 0.15) is 11.5 Å². The first-order valence-electron chi connectivity index (χ1n) is 7.79. The van der Waals surface area contributed by atoms with Gasteiger partial charge in [-0.1, -0.05) is 13.8 Å². The molecule has 2 rings (SSSR count). The molecule has 2 aromatic heterocycles. The summed E-state index contributed by atoms with van der Waals surface area (Å²) in [5.74, 6) is -1.54. The minimum absolute atomic E-state index is 0.106. The van der Waals surface area contributed by atoms with Crippen LogP contribution in [0.1, 0.15) is 52.1 Å². The second kappa shape index (κ2) is 7.02. The van der Waals surface area contributed by atoms with Crippen LogP contribution in [0.15, 0.2) is 18.3 Å². The molecule has 24 heavy (non-hydrogen) atoms. The van der Waals surface area contributed by atoms with Crippen LogP contribution in [-0.4, -0.2) is 26.0 Å². The second-order valence-electron chi connectivity index (χ2n) is 6.24. The number of alkyl halides is 2. The van der Waals surface area contributed by atoms with Crippen molar-refractivity contribution < 1.29 is 8.78 Å². The van der Waals surface area contributed by atoms with Crippen LogP contribution in [0.5, 0.6) is 0 Å². The zero-order valence-corrected chi connectivity index (χ0v) is 14.4. The first-order valence-corrected chi connectivity index (χ1v) is 7.79. The van der Waals surface area contributed by atoms with Crippen molar-refractivity contribution in [3.8, 4) is 0 Å². The molecule has 0 aliphatic carbocycles. The fourth-order valence-electron chi connectivity index (χ4n) is 1.91. The highest BCUT2D eigenvalue weighted by molar-refractivity contribution is 5.54. The van der Waals surface area contributed by atoms with Gasteiger partial charge in [0.25, 0.3) is 5.92 Å². The van der Waals surface area contributed by atoms with E-state index in [0.29, 0.717) is 23.4 Å². The maximum Gasteiger partial charge on any atom is 0.287 e. The lowest BCUT2D eigenvalue weighted by molar-refractivity contribution is 0.0128. The van der Waals surface area contributed by atoms with Crippen molar-refractivity contribution in [2.75, 3.05) is 10.6 Å². The highest BCUT2D eigenvalue weighted by atomic mass is 19.3. The van der Waals surface area contributed by atoms with E-state index in [1.807, 2.05) is 27.7 Å². The highest BCUT2D eigenvalue weighted by Crippen LogP contribution is 2.27. The van der Waals surface area contributed by atoms with Gasteiger partial charge in [0.15, 0.2) is 0 Å². The third-order valence-electron chi connectivity index (χ3n) is 3.05. The summed E-state index contributed by atoms with van der Waals surface area (Å²) in [4.78, 5) is 16.7. The molecule has 0 aliphatic heterocycles. The molecule has 2 aromatic rings. The fraction of sp³-hybridized carbons (Fsp3) is 0.500. The number of hydrogen-bond acceptors (Lipinski definition) is 6. The van der Waals surface area contributed by atoms with Crippen molar-refractivity contribution in [1.82, 2.24) is 19.9 Å². The quantitative estimate of drug-likeness (QED) is 0.828. The summed E-state index contributed by atoms with van der Waals surface area (Å²) < 4.78 is 26.8. The Bertz CT molecular complexity index is 697. The van der Waals surface area contributed by atoms with E-state index < -0.39 is 5.92 Å². The minimum Gasteiger partial charge on any atom is -0.352 e. The number of hydrogen-bond donors (Lipinski definition) is 2. The molecule has 8 heteroatoms. The van der Waals surface area contributed by atoms with Crippen LogP contribution in [0.2, 0.25) is 0 Å². The van der Waals surface area contributed by atoms with Gasteiger partial charge in [-0.05, 0) is 26.0 Å². The summed E-state index contributed by atoms with van der Waals surface area (Å²) in [5, 5.41) is 6.08. The van der Waals surface area contributed by atoms with Crippen LogP contribution in [0.25, 0.3) is 0 Å². The number of aromatic nitrogens is 4. The van der Waals surface area contributed by atoms with Crippen molar-refractivity contribution in [2.45, 2.75) is 52.5 Å². The van der Waals surface area contributed by atoms with E-state index in [9.17, 15) is 8.78 Å². The molecular weight excluding hydrogens is 314 g/mol. The molecule has 0 saturated carbocycles. The topological polar surface area (TPSA) is 75.6 Å². The Balaban J connectivity index is 2.33. The molecule has 130 valence electrons. The smallest absolute Gasteiger partial charge is 0.287 e. The van der Waals surface area contributed by atoms with Gasteiger partial charge >= 0.3 is 0 Å². The van der Waals surface area contributed by atoms with E-state index in [1.165, 1.54) is 12.3 Å². The van der Waals surface area contributed by atoms with Gasteiger partial charge < -0.3 is 10.6 Å². The van der Waals surface area contributed by atoms with Crippen LogP contribution in [0.4, 0.5) is 26.4 Å². The number of nitrogens with one attached hydrogen (secondary N) is 2. The number of rotatable bonds is 6. The lowest BCUT2D eigenvalue weighted by Gasteiger charge is -2.14. The molecule has 6 nitrogen and oxygen atoms in total. The molecule has 0 bridgehead atoms. The van der Waals surface area contributed by atoms with Gasteiger partial charge in [-0.15, -0.1) is 0 Å². The van der Waals surface area contributed by atoms with Gasteiger partial charge in [-0.3, -0.25) is 4.98 Å². The van der Waals surface area contributed by atoms with Crippen molar-refractivity contribution in [3.63, 3.8) is 0 Å². The first kappa shape index (κ1) is 18.0. The molecule has 0 unspecified atom stereocenters. The monoisotopic (exact) mass is 336 g/mol. The molecule has 0 amide bonds.